The number of fused-ring (bicyclic) bond motifs is 1. The van der Waals surface area contributed by atoms with E-state index in [0.717, 1.165) is 30.5 Å². The minimum absolute atomic E-state index is 0.143. The van der Waals surface area contributed by atoms with E-state index in [2.05, 4.69) is 17.6 Å². The van der Waals surface area contributed by atoms with Crippen LogP contribution in [0.15, 0.2) is 24.3 Å². The third-order valence-corrected chi connectivity index (χ3v) is 4.05. The van der Waals surface area contributed by atoms with Gasteiger partial charge >= 0.3 is 0 Å². The minimum Gasteiger partial charge on any atom is -0.324 e. The van der Waals surface area contributed by atoms with Crippen LogP contribution in [0, 0.1) is 19.7 Å². The maximum Gasteiger partial charge on any atom is 0.123 e. The summed E-state index contributed by atoms with van der Waals surface area (Å²) in [6.45, 7) is 4.04. The number of nitrogens with zero attached hydrogens (tertiary/aromatic N) is 1. The summed E-state index contributed by atoms with van der Waals surface area (Å²) in [6.07, 6.45) is 3.23. The molecule has 0 bridgehead atoms. The van der Waals surface area contributed by atoms with Crippen molar-refractivity contribution in [2.24, 2.45) is 5.73 Å². The maximum atomic E-state index is 13.3. The van der Waals surface area contributed by atoms with Gasteiger partial charge in [-0.15, -0.1) is 0 Å². The van der Waals surface area contributed by atoms with E-state index in [4.69, 9.17) is 5.73 Å². The molecule has 0 aliphatic heterocycles. The highest BCUT2D eigenvalue weighted by Gasteiger charge is 2.23. The molecule has 1 aromatic carbocycles. The van der Waals surface area contributed by atoms with E-state index in [0.29, 0.717) is 0 Å². The highest BCUT2D eigenvalue weighted by atomic mass is 19.1. The lowest BCUT2D eigenvalue weighted by Crippen LogP contribution is -2.18. The average molecular weight is 258 g/mol. The number of aryl methyl sites for hydroxylation is 2. The Labute approximate surface area is 113 Å². The third-order valence-electron chi connectivity index (χ3n) is 4.05. The van der Waals surface area contributed by atoms with Crippen LogP contribution in [-0.2, 0) is 6.42 Å². The molecule has 1 atom stereocenters. The first-order valence-corrected chi connectivity index (χ1v) is 6.81. The Bertz CT molecular complexity index is 628. The summed E-state index contributed by atoms with van der Waals surface area (Å²) in [6, 6.07) is 7.30. The van der Waals surface area contributed by atoms with Crippen molar-refractivity contribution >= 4 is 0 Å². The van der Waals surface area contributed by atoms with E-state index in [1.165, 1.54) is 23.0 Å². The quantitative estimate of drug-likeness (QED) is 0.833. The van der Waals surface area contributed by atoms with E-state index >= 15 is 0 Å². The van der Waals surface area contributed by atoms with E-state index in [-0.39, 0.29) is 11.9 Å². The van der Waals surface area contributed by atoms with Gasteiger partial charge in [0.1, 0.15) is 5.82 Å². The van der Waals surface area contributed by atoms with Crippen LogP contribution >= 0.6 is 0 Å². The van der Waals surface area contributed by atoms with Gasteiger partial charge in [-0.2, -0.15) is 0 Å². The number of hydrogen-bond acceptors (Lipinski definition) is 1. The highest BCUT2D eigenvalue weighted by molar-refractivity contribution is 5.47. The molecule has 3 rings (SSSR count). The van der Waals surface area contributed by atoms with Crippen LogP contribution < -0.4 is 5.73 Å². The SMILES string of the molecule is Cc1cc(F)ccc1-n1c(C)cc2c1CCCC2N. The largest absolute Gasteiger partial charge is 0.324 e. The fourth-order valence-corrected chi connectivity index (χ4v) is 3.14. The molecular formula is C16H19FN2. The van der Waals surface area contributed by atoms with E-state index in [1.807, 2.05) is 13.0 Å². The summed E-state index contributed by atoms with van der Waals surface area (Å²) in [5.74, 6) is -0.184. The zero-order valence-corrected chi connectivity index (χ0v) is 11.4. The third kappa shape index (κ3) is 1.98. The first kappa shape index (κ1) is 12.4. The summed E-state index contributed by atoms with van der Waals surface area (Å²) < 4.78 is 15.5. The molecule has 2 aromatic rings. The second-order valence-electron chi connectivity index (χ2n) is 5.45. The Kier molecular flexibility index (Phi) is 2.94. The predicted octanol–water partition coefficient (Wildman–Crippen LogP) is 3.57. The number of aromatic nitrogens is 1. The Morgan fingerprint density at radius 3 is 2.79 bits per heavy atom. The topological polar surface area (TPSA) is 30.9 Å². The average Bonchev–Trinajstić information content (AvgIpc) is 2.68. The van der Waals surface area contributed by atoms with Gasteiger partial charge in [-0.1, -0.05) is 0 Å². The Morgan fingerprint density at radius 1 is 1.26 bits per heavy atom. The van der Waals surface area contributed by atoms with E-state index in [1.54, 1.807) is 6.07 Å². The molecule has 0 fully saturated rings. The van der Waals surface area contributed by atoms with Gasteiger partial charge in [-0.3, -0.25) is 0 Å². The van der Waals surface area contributed by atoms with Crippen molar-refractivity contribution in [2.75, 3.05) is 0 Å². The van der Waals surface area contributed by atoms with Gasteiger partial charge in [-0.25, -0.2) is 4.39 Å². The van der Waals surface area contributed by atoms with Crippen molar-refractivity contribution in [3.63, 3.8) is 0 Å². The van der Waals surface area contributed by atoms with Gasteiger partial charge in [0.2, 0.25) is 0 Å². The Hall–Kier alpha value is -1.61. The van der Waals surface area contributed by atoms with Crippen molar-refractivity contribution in [1.82, 2.24) is 4.57 Å². The molecule has 0 spiro atoms. The normalized spacial score (nSPS) is 18.4. The molecule has 1 unspecified atom stereocenters. The zero-order valence-electron chi connectivity index (χ0n) is 11.4. The second kappa shape index (κ2) is 4.49. The van der Waals surface area contributed by atoms with Crippen LogP contribution in [0.25, 0.3) is 5.69 Å². The lowest BCUT2D eigenvalue weighted by Gasteiger charge is -2.22. The van der Waals surface area contributed by atoms with Gasteiger partial charge < -0.3 is 10.3 Å². The second-order valence-corrected chi connectivity index (χ2v) is 5.45. The van der Waals surface area contributed by atoms with Crippen LogP contribution in [0.4, 0.5) is 4.39 Å². The molecule has 100 valence electrons. The van der Waals surface area contributed by atoms with Crippen molar-refractivity contribution in [1.29, 1.82) is 0 Å². The Morgan fingerprint density at radius 2 is 2.05 bits per heavy atom. The molecule has 1 aliphatic carbocycles. The van der Waals surface area contributed by atoms with Crippen LogP contribution in [0.3, 0.4) is 0 Å². The smallest absolute Gasteiger partial charge is 0.123 e. The monoisotopic (exact) mass is 258 g/mol. The molecular weight excluding hydrogens is 239 g/mol. The molecule has 0 amide bonds. The molecule has 0 radical (unpaired) electrons. The number of nitrogens with two attached hydrogens (primary N) is 1. The number of rotatable bonds is 1. The van der Waals surface area contributed by atoms with Gasteiger partial charge in [0.15, 0.2) is 0 Å². The molecule has 2 N–H and O–H groups in total. The molecule has 0 saturated heterocycles. The fraction of sp³-hybridized carbons (Fsp3) is 0.375. The van der Waals surface area contributed by atoms with Crippen LogP contribution in [-0.4, -0.2) is 4.57 Å². The van der Waals surface area contributed by atoms with E-state index in [9.17, 15) is 4.39 Å². The fourth-order valence-electron chi connectivity index (χ4n) is 3.14. The molecule has 3 heteroatoms. The summed E-state index contributed by atoms with van der Waals surface area (Å²) in [7, 11) is 0. The first-order valence-electron chi connectivity index (χ1n) is 6.81. The van der Waals surface area contributed by atoms with Gasteiger partial charge in [0.05, 0.1) is 0 Å². The lowest BCUT2D eigenvalue weighted by atomic mass is 9.93. The molecule has 1 aromatic heterocycles. The van der Waals surface area contributed by atoms with Crippen LogP contribution in [0.5, 0.6) is 0 Å². The summed E-state index contributed by atoms with van der Waals surface area (Å²) in [5.41, 5.74) is 12.0. The van der Waals surface area contributed by atoms with Crippen LogP contribution in [0.1, 0.15) is 41.4 Å². The van der Waals surface area contributed by atoms with E-state index < -0.39 is 0 Å². The maximum absolute atomic E-state index is 13.3. The van der Waals surface area contributed by atoms with Crippen molar-refractivity contribution < 1.29 is 4.39 Å². The van der Waals surface area contributed by atoms with Crippen molar-refractivity contribution in [3.05, 3.63) is 52.6 Å². The summed E-state index contributed by atoms with van der Waals surface area (Å²) in [4.78, 5) is 0. The first-order chi connectivity index (χ1) is 9.08. The van der Waals surface area contributed by atoms with Crippen molar-refractivity contribution in [3.8, 4) is 5.69 Å². The Balaban J connectivity index is 2.20. The molecule has 19 heavy (non-hydrogen) atoms. The molecule has 0 saturated carbocycles. The zero-order chi connectivity index (χ0) is 13.6. The number of halogens is 1. The van der Waals surface area contributed by atoms with Gasteiger partial charge in [-0.05, 0) is 68.5 Å². The summed E-state index contributed by atoms with van der Waals surface area (Å²) in [5, 5.41) is 0. The predicted molar refractivity (Wildman–Crippen MR) is 75.1 cm³/mol. The van der Waals surface area contributed by atoms with Crippen molar-refractivity contribution in [2.45, 2.75) is 39.2 Å². The standard InChI is InChI=1S/C16H19FN2/c1-10-8-12(17)6-7-15(10)19-11(2)9-13-14(18)4-3-5-16(13)19/h6-9,14H,3-5,18H2,1-2H3. The number of benzene rings is 1. The highest BCUT2D eigenvalue weighted by Crippen LogP contribution is 2.33. The lowest BCUT2D eigenvalue weighted by molar-refractivity contribution is 0.559. The minimum atomic E-state index is -0.184. The molecule has 1 heterocycles. The molecule has 2 nitrogen and oxygen atoms in total. The van der Waals surface area contributed by atoms with Gasteiger partial charge in [0, 0.05) is 23.1 Å². The van der Waals surface area contributed by atoms with Gasteiger partial charge in [0.25, 0.3) is 0 Å². The molecule has 1 aliphatic rings. The van der Waals surface area contributed by atoms with Crippen LogP contribution in [0.2, 0.25) is 0 Å². The summed E-state index contributed by atoms with van der Waals surface area (Å²) >= 11 is 0. The number of hydrogen-bond donors (Lipinski definition) is 1.